The van der Waals surface area contributed by atoms with Crippen LogP contribution in [0.15, 0.2) is 10.9 Å². The molecule has 0 saturated carbocycles. The van der Waals surface area contributed by atoms with Gasteiger partial charge >= 0.3 is 11.9 Å². The van der Waals surface area contributed by atoms with Crippen LogP contribution in [0.1, 0.15) is 41.0 Å². The second-order valence-electron chi connectivity index (χ2n) is 7.34. The van der Waals surface area contributed by atoms with Crippen molar-refractivity contribution in [3.05, 3.63) is 33.4 Å². The van der Waals surface area contributed by atoms with Crippen LogP contribution in [0.4, 0.5) is 11.8 Å². The Morgan fingerprint density at radius 2 is 2.10 bits per heavy atom. The molecule has 2 aromatic heterocycles. The Labute approximate surface area is 175 Å². The van der Waals surface area contributed by atoms with Gasteiger partial charge in [-0.3, -0.25) is 24.5 Å². The van der Waals surface area contributed by atoms with E-state index in [9.17, 15) is 19.2 Å². The van der Waals surface area contributed by atoms with Crippen LogP contribution in [0.2, 0.25) is 0 Å². The fourth-order valence-corrected chi connectivity index (χ4v) is 3.38. The van der Waals surface area contributed by atoms with Gasteiger partial charge in [0.25, 0.3) is 11.5 Å². The molecule has 31 heavy (non-hydrogen) atoms. The highest BCUT2D eigenvalue weighted by Crippen LogP contribution is 2.23. The number of fused-ring (bicyclic) bond motifs is 1. The lowest BCUT2D eigenvalue weighted by atomic mass is 9.92. The lowest BCUT2D eigenvalue weighted by Gasteiger charge is -2.24. The maximum Gasteiger partial charge on any atom is 0.326 e. The zero-order valence-corrected chi connectivity index (χ0v) is 16.5. The van der Waals surface area contributed by atoms with Crippen LogP contribution < -0.4 is 21.9 Å². The van der Waals surface area contributed by atoms with E-state index in [1.54, 1.807) is 0 Å². The topological polar surface area (TPSA) is 216 Å². The number of aromatic nitrogens is 4. The number of nitrogens with zero attached hydrogens (tertiary/aromatic N) is 2. The van der Waals surface area contributed by atoms with Gasteiger partial charge in [-0.05, 0) is 37.7 Å². The highest BCUT2D eigenvalue weighted by atomic mass is 16.4. The number of aliphatic carboxylic acids is 2. The monoisotopic (exact) mass is 433 g/mol. The molecule has 1 aliphatic heterocycles. The number of amides is 1. The number of nitrogens with one attached hydrogen (secondary N) is 4. The molecular weight excluding hydrogens is 410 g/mol. The number of aryl methyl sites for hydroxylation is 1. The van der Waals surface area contributed by atoms with Gasteiger partial charge in [0.2, 0.25) is 5.95 Å². The number of hydrogen-bond acceptors (Lipinski definition) is 8. The first-order chi connectivity index (χ1) is 14.7. The third kappa shape index (κ3) is 5.58. The standard InChI is InChI=1S/C18H23N7O6/c19-18-22-14-10(15(28)23-18)5-8(7-20-14)1-2-9-6-12(25-24-9)16(29)21-11(17(30)31)3-4-13(26)27/h6,8,11H,1-5,7H2,(H,21,29)(H,24,25)(H,26,27)(H,30,31)(H4,19,20,22,23,28)/t8?,11-/m0/s1. The number of carbonyl (C=O) groups is 3. The number of aromatic amines is 2. The second kappa shape index (κ2) is 9.28. The molecule has 3 rings (SSSR count). The zero-order chi connectivity index (χ0) is 22.5. The molecule has 8 N–H and O–H groups in total. The molecule has 2 atom stereocenters. The van der Waals surface area contributed by atoms with Crippen molar-refractivity contribution in [3.8, 4) is 0 Å². The lowest BCUT2D eigenvalue weighted by Crippen LogP contribution is -2.41. The third-order valence-electron chi connectivity index (χ3n) is 5.02. The molecule has 0 spiro atoms. The van der Waals surface area contributed by atoms with Gasteiger partial charge in [0.15, 0.2) is 0 Å². The summed E-state index contributed by atoms with van der Waals surface area (Å²) in [4.78, 5) is 52.7. The third-order valence-corrected chi connectivity index (χ3v) is 5.02. The molecule has 1 amide bonds. The largest absolute Gasteiger partial charge is 0.481 e. The molecule has 1 aliphatic rings. The minimum absolute atomic E-state index is 0.0137. The summed E-state index contributed by atoms with van der Waals surface area (Å²) in [6.45, 7) is 0.619. The van der Waals surface area contributed by atoms with E-state index in [2.05, 4.69) is 30.8 Å². The molecule has 166 valence electrons. The first-order valence-electron chi connectivity index (χ1n) is 9.65. The van der Waals surface area contributed by atoms with Gasteiger partial charge in [0, 0.05) is 18.7 Å². The zero-order valence-electron chi connectivity index (χ0n) is 16.5. The summed E-state index contributed by atoms with van der Waals surface area (Å²) < 4.78 is 0. The fraction of sp³-hybridized carbons (Fsp3) is 0.444. The first-order valence-corrected chi connectivity index (χ1v) is 9.65. The van der Waals surface area contributed by atoms with Crippen LogP contribution in [-0.4, -0.2) is 60.8 Å². The summed E-state index contributed by atoms with van der Waals surface area (Å²) in [6, 6.07) is 0.197. The van der Waals surface area contributed by atoms with Gasteiger partial charge in [-0.15, -0.1) is 0 Å². The molecular formula is C18H23N7O6. The average molecular weight is 433 g/mol. The van der Waals surface area contributed by atoms with Gasteiger partial charge in [-0.25, -0.2) is 4.79 Å². The number of nitrogens with two attached hydrogens (primary N) is 1. The summed E-state index contributed by atoms with van der Waals surface area (Å²) in [7, 11) is 0. The van der Waals surface area contributed by atoms with Gasteiger partial charge in [0.1, 0.15) is 17.6 Å². The summed E-state index contributed by atoms with van der Waals surface area (Å²) in [6.07, 6.45) is 1.19. The predicted octanol–water partition coefficient (Wildman–Crippen LogP) is -0.660. The van der Waals surface area contributed by atoms with Crippen LogP contribution in [0.5, 0.6) is 0 Å². The average Bonchev–Trinajstić information content (AvgIpc) is 3.18. The molecule has 2 aromatic rings. The first kappa shape index (κ1) is 21.8. The SMILES string of the molecule is Nc1nc2c(c(=O)[nH]1)CC(CCc1cc(C(=O)N[C@@H](CCC(=O)O)C(=O)O)n[nH]1)CN2. The quantitative estimate of drug-likeness (QED) is 0.265. The molecule has 1 unspecified atom stereocenters. The normalized spacial score (nSPS) is 16.1. The molecule has 0 bridgehead atoms. The number of carboxylic acid groups (broad SMARTS) is 2. The minimum Gasteiger partial charge on any atom is -0.481 e. The van der Waals surface area contributed by atoms with Crippen LogP contribution in [0.25, 0.3) is 0 Å². The molecule has 0 fully saturated rings. The Balaban J connectivity index is 1.55. The van der Waals surface area contributed by atoms with E-state index >= 15 is 0 Å². The Morgan fingerprint density at radius 1 is 1.32 bits per heavy atom. The number of carboxylic acids is 2. The Morgan fingerprint density at radius 3 is 2.81 bits per heavy atom. The highest BCUT2D eigenvalue weighted by Gasteiger charge is 2.24. The predicted molar refractivity (Wildman–Crippen MR) is 108 cm³/mol. The van der Waals surface area contributed by atoms with E-state index in [1.165, 1.54) is 6.07 Å². The van der Waals surface area contributed by atoms with Crippen LogP contribution in [0, 0.1) is 5.92 Å². The van der Waals surface area contributed by atoms with Gasteiger partial charge in [-0.2, -0.15) is 10.1 Å². The van der Waals surface area contributed by atoms with E-state index < -0.39 is 23.9 Å². The number of rotatable bonds is 9. The van der Waals surface area contributed by atoms with Crippen molar-refractivity contribution in [1.29, 1.82) is 0 Å². The van der Waals surface area contributed by atoms with Crippen molar-refractivity contribution >= 4 is 29.6 Å². The van der Waals surface area contributed by atoms with Crippen molar-refractivity contribution in [2.24, 2.45) is 5.92 Å². The van der Waals surface area contributed by atoms with Crippen LogP contribution in [0.3, 0.4) is 0 Å². The number of carbonyl (C=O) groups excluding carboxylic acids is 1. The Hall–Kier alpha value is -3.90. The second-order valence-corrected chi connectivity index (χ2v) is 7.34. The van der Waals surface area contributed by atoms with Crippen LogP contribution >= 0.6 is 0 Å². The number of hydrogen-bond donors (Lipinski definition) is 7. The van der Waals surface area contributed by atoms with E-state index in [4.69, 9.17) is 15.9 Å². The molecule has 0 aliphatic carbocycles. The molecule has 0 saturated heterocycles. The Kier molecular flexibility index (Phi) is 6.52. The van der Waals surface area contributed by atoms with Crippen molar-refractivity contribution in [3.63, 3.8) is 0 Å². The number of H-pyrrole nitrogens is 2. The smallest absolute Gasteiger partial charge is 0.326 e. The molecule has 3 heterocycles. The number of nitrogen functional groups attached to an aromatic ring is 1. The Bertz CT molecular complexity index is 1050. The minimum atomic E-state index is -1.32. The maximum atomic E-state index is 12.3. The lowest BCUT2D eigenvalue weighted by molar-refractivity contribution is -0.140. The van der Waals surface area contributed by atoms with Crippen molar-refractivity contribution in [1.82, 2.24) is 25.5 Å². The van der Waals surface area contributed by atoms with Crippen LogP contribution in [-0.2, 0) is 22.4 Å². The van der Waals surface area contributed by atoms with Crippen molar-refractivity contribution < 1.29 is 24.6 Å². The highest BCUT2D eigenvalue weighted by molar-refractivity contribution is 5.95. The summed E-state index contributed by atoms with van der Waals surface area (Å²) in [5.41, 5.74) is 6.52. The molecule has 13 nitrogen and oxygen atoms in total. The van der Waals surface area contributed by atoms with E-state index in [0.717, 1.165) is 0 Å². The van der Waals surface area contributed by atoms with E-state index in [-0.39, 0.29) is 36.0 Å². The summed E-state index contributed by atoms with van der Waals surface area (Å²) in [5, 5.41) is 29.9. The van der Waals surface area contributed by atoms with Gasteiger partial charge < -0.3 is 26.6 Å². The molecule has 0 radical (unpaired) electrons. The maximum absolute atomic E-state index is 12.3. The van der Waals surface area contributed by atoms with Gasteiger partial charge in [0.05, 0.1) is 5.56 Å². The molecule has 13 heteroatoms. The number of anilines is 2. The van der Waals surface area contributed by atoms with E-state index in [1.807, 2.05) is 0 Å². The van der Waals surface area contributed by atoms with Crippen molar-refractivity contribution in [2.75, 3.05) is 17.6 Å². The molecule has 0 aromatic carbocycles. The summed E-state index contributed by atoms with van der Waals surface area (Å²) >= 11 is 0. The fourth-order valence-electron chi connectivity index (χ4n) is 3.38. The van der Waals surface area contributed by atoms with E-state index in [0.29, 0.717) is 42.9 Å². The van der Waals surface area contributed by atoms with Gasteiger partial charge in [-0.1, -0.05) is 0 Å². The summed E-state index contributed by atoms with van der Waals surface area (Å²) in [5.74, 6) is -2.46. The van der Waals surface area contributed by atoms with Crippen molar-refractivity contribution in [2.45, 2.75) is 38.1 Å².